The first kappa shape index (κ1) is 19.5. The van der Waals surface area contributed by atoms with Gasteiger partial charge in [-0.05, 0) is 37.6 Å². The second kappa shape index (κ2) is 9.58. The number of aromatic nitrogens is 3. The number of ether oxygens (including phenoxy) is 1. The van der Waals surface area contributed by atoms with Gasteiger partial charge < -0.3 is 9.53 Å². The van der Waals surface area contributed by atoms with Crippen molar-refractivity contribution in [3.8, 4) is 11.4 Å². The first-order valence-corrected chi connectivity index (χ1v) is 10.0. The standard InChI is InChI=1S/C20H20ClN3O2S/c1-15(25)8-7-13-27-20-23-22-19(24(20)16-9-3-2-4-10-16)14-26-18-12-6-5-11-17(18)21/h2-6,9-12H,7-8,13-14H2,1H3. The lowest BCUT2D eigenvalue weighted by atomic mass is 10.3. The van der Waals surface area contributed by atoms with Crippen molar-refractivity contribution in [3.63, 3.8) is 0 Å². The van der Waals surface area contributed by atoms with E-state index in [-0.39, 0.29) is 12.4 Å². The van der Waals surface area contributed by atoms with E-state index in [0.717, 1.165) is 23.0 Å². The van der Waals surface area contributed by atoms with Gasteiger partial charge in [0.1, 0.15) is 18.1 Å². The maximum atomic E-state index is 11.1. The van der Waals surface area contributed by atoms with Crippen LogP contribution in [0.4, 0.5) is 0 Å². The van der Waals surface area contributed by atoms with Gasteiger partial charge in [0.2, 0.25) is 0 Å². The molecule has 1 heterocycles. The monoisotopic (exact) mass is 401 g/mol. The van der Waals surface area contributed by atoms with Crippen molar-refractivity contribution in [3.05, 3.63) is 65.4 Å². The van der Waals surface area contributed by atoms with Crippen LogP contribution in [0.25, 0.3) is 5.69 Å². The third-order valence-electron chi connectivity index (χ3n) is 3.81. The summed E-state index contributed by atoms with van der Waals surface area (Å²) in [6.07, 6.45) is 1.39. The van der Waals surface area contributed by atoms with E-state index in [4.69, 9.17) is 16.3 Å². The molecular weight excluding hydrogens is 382 g/mol. The second-order valence-electron chi connectivity index (χ2n) is 5.94. The second-order valence-corrected chi connectivity index (χ2v) is 7.41. The van der Waals surface area contributed by atoms with Crippen LogP contribution >= 0.6 is 23.4 Å². The van der Waals surface area contributed by atoms with Crippen molar-refractivity contribution in [2.24, 2.45) is 0 Å². The molecule has 0 aliphatic heterocycles. The first-order chi connectivity index (χ1) is 13.1. The summed E-state index contributed by atoms with van der Waals surface area (Å²) in [6, 6.07) is 17.3. The van der Waals surface area contributed by atoms with Gasteiger partial charge in [-0.1, -0.05) is 53.7 Å². The largest absolute Gasteiger partial charge is 0.484 e. The highest BCUT2D eigenvalue weighted by molar-refractivity contribution is 7.99. The van der Waals surface area contributed by atoms with Crippen LogP contribution in [0.5, 0.6) is 5.75 Å². The number of carbonyl (C=O) groups is 1. The predicted molar refractivity (Wildman–Crippen MR) is 108 cm³/mol. The van der Waals surface area contributed by atoms with Crippen molar-refractivity contribution in [2.45, 2.75) is 31.5 Å². The van der Waals surface area contributed by atoms with Gasteiger partial charge in [-0.25, -0.2) is 0 Å². The minimum absolute atomic E-state index is 0.203. The highest BCUT2D eigenvalue weighted by Gasteiger charge is 2.15. The van der Waals surface area contributed by atoms with Gasteiger partial charge >= 0.3 is 0 Å². The van der Waals surface area contributed by atoms with E-state index >= 15 is 0 Å². The van der Waals surface area contributed by atoms with Crippen molar-refractivity contribution in [2.75, 3.05) is 5.75 Å². The number of halogens is 1. The lowest BCUT2D eigenvalue weighted by molar-refractivity contribution is -0.117. The Bertz CT molecular complexity index is 899. The highest BCUT2D eigenvalue weighted by atomic mass is 35.5. The van der Waals surface area contributed by atoms with Gasteiger partial charge in [0.25, 0.3) is 0 Å². The molecule has 7 heteroatoms. The van der Waals surface area contributed by atoms with Crippen LogP contribution < -0.4 is 4.74 Å². The number of carbonyl (C=O) groups excluding carboxylic acids is 1. The number of rotatable bonds is 9. The fourth-order valence-corrected chi connectivity index (χ4v) is 3.61. The predicted octanol–water partition coefficient (Wildman–Crippen LogP) is 4.96. The Balaban J connectivity index is 1.79. The molecule has 5 nitrogen and oxygen atoms in total. The molecule has 0 bridgehead atoms. The Labute approximate surface area is 167 Å². The van der Waals surface area contributed by atoms with Crippen molar-refractivity contribution in [1.29, 1.82) is 0 Å². The summed E-state index contributed by atoms with van der Waals surface area (Å²) in [5, 5.41) is 9.97. The minimum atomic E-state index is 0.203. The van der Waals surface area contributed by atoms with Crippen LogP contribution in [0.1, 0.15) is 25.6 Å². The third-order valence-corrected chi connectivity index (χ3v) is 5.14. The molecule has 3 rings (SSSR count). The molecule has 2 aromatic carbocycles. The summed E-state index contributed by atoms with van der Waals surface area (Å²) in [6.45, 7) is 1.86. The number of hydrogen-bond donors (Lipinski definition) is 0. The van der Waals surface area contributed by atoms with Gasteiger partial charge in [-0.2, -0.15) is 0 Å². The summed E-state index contributed by atoms with van der Waals surface area (Å²) in [7, 11) is 0. The number of thioether (sulfide) groups is 1. The lowest BCUT2D eigenvalue weighted by Crippen LogP contribution is -2.07. The normalized spacial score (nSPS) is 10.7. The molecule has 0 aliphatic rings. The van der Waals surface area contributed by atoms with Crippen molar-refractivity contribution < 1.29 is 9.53 Å². The molecule has 0 atom stereocenters. The van der Waals surface area contributed by atoms with E-state index in [1.165, 1.54) is 0 Å². The van der Waals surface area contributed by atoms with E-state index in [1.807, 2.05) is 53.1 Å². The Morgan fingerprint density at radius 1 is 1.11 bits per heavy atom. The van der Waals surface area contributed by atoms with Crippen molar-refractivity contribution in [1.82, 2.24) is 14.8 Å². The summed E-state index contributed by atoms with van der Waals surface area (Å²) < 4.78 is 7.83. The zero-order valence-corrected chi connectivity index (χ0v) is 16.5. The van der Waals surface area contributed by atoms with Crippen LogP contribution in [0.15, 0.2) is 59.8 Å². The molecule has 0 amide bonds. The highest BCUT2D eigenvalue weighted by Crippen LogP contribution is 2.26. The zero-order chi connectivity index (χ0) is 19.1. The lowest BCUT2D eigenvalue weighted by Gasteiger charge is -2.11. The van der Waals surface area contributed by atoms with E-state index in [1.54, 1.807) is 24.8 Å². The molecule has 0 radical (unpaired) electrons. The van der Waals surface area contributed by atoms with E-state index in [2.05, 4.69) is 10.2 Å². The topological polar surface area (TPSA) is 57.0 Å². The zero-order valence-electron chi connectivity index (χ0n) is 15.0. The fraction of sp³-hybridized carbons (Fsp3) is 0.250. The molecule has 0 fully saturated rings. The first-order valence-electron chi connectivity index (χ1n) is 8.64. The smallest absolute Gasteiger partial charge is 0.195 e. The van der Waals surface area contributed by atoms with Gasteiger partial charge in [-0.15, -0.1) is 10.2 Å². The molecule has 3 aromatic rings. The molecular formula is C20H20ClN3O2S. The molecule has 0 saturated carbocycles. The molecule has 1 aromatic heterocycles. The Kier molecular flexibility index (Phi) is 6.90. The maximum absolute atomic E-state index is 11.1. The minimum Gasteiger partial charge on any atom is -0.484 e. The Morgan fingerprint density at radius 2 is 1.85 bits per heavy atom. The van der Waals surface area contributed by atoms with E-state index < -0.39 is 0 Å². The van der Waals surface area contributed by atoms with Crippen LogP contribution in [0.2, 0.25) is 5.02 Å². The summed E-state index contributed by atoms with van der Waals surface area (Å²) in [4.78, 5) is 11.1. The maximum Gasteiger partial charge on any atom is 0.195 e. The van der Waals surface area contributed by atoms with Crippen LogP contribution in [-0.4, -0.2) is 26.3 Å². The Morgan fingerprint density at radius 3 is 2.59 bits per heavy atom. The number of nitrogens with zero attached hydrogens (tertiary/aromatic N) is 3. The molecule has 140 valence electrons. The van der Waals surface area contributed by atoms with Crippen LogP contribution in [-0.2, 0) is 11.4 Å². The van der Waals surface area contributed by atoms with Crippen LogP contribution in [0, 0.1) is 0 Å². The van der Waals surface area contributed by atoms with Gasteiger partial charge in [-0.3, -0.25) is 4.57 Å². The fourth-order valence-electron chi connectivity index (χ4n) is 2.51. The molecule has 0 aliphatic carbocycles. The van der Waals surface area contributed by atoms with Gasteiger partial charge in [0, 0.05) is 17.9 Å². The number of Topliss-reactive ketones (excluding diaryl/α,β-unsaturated/α-hetero) is 1. The number of para-hydroxylation sites is 2. The van der Waals surface area contributed by atoms with Gasteiger partial charge in [0.15, 0.2) is 11.0 Å². The van der Waals surface area contributed by atoms with E-state index in [9.17, 15) is 4.79 Å². The molecule has 0 spiro atoms. The number of hydrogen-bond acceptors (Lipinski definition) is 5. The third kappa shape index (κ3) is 5.34. The summed E-state index contributed by atoms with van der Waals surface area (Å²) in [5.41, 5.74) is 0.967. The summed E-state index contributed by atoms with van der Waals surface area (Å²) >= 11 is 7.75. The molecule has 0 N–H and O–H groups in total. The summed E-state index contributed by atoms with van der Waals surface area (Å²) in [5.74, 6) is 2.30. The molecule has 0 unspecified atom stereocenters. The van der Waals surface area contributed by atoms with Crippen LogP contribution in [0.3, 0.4) is 0 Å². The van der Waals surface area contributed by atoms with Crippen molar-refractivity contribution >= 4 is 29.1 Å². The quantitative estimate of drug-likeness (QED) is 0.374. The molecule has 27 heavy (non-hydrogen) atoms. The molecule has 0 saturated heterocycles. The average molecular weight is 402 g/mol. The average Bonchev–Trinajstić information content (AvgIpc) is 3.08. The van der Waals surface area contributed by atoms with E-state index in [0.29, 0.717) is 23.0 Å². The van der Waals surface area contributed by atoms with Gasteiger partial charge in [0.05, 0.1) is 5.02 Å². The SMILES string of the molecule is CC(=O)CCCSc1nnc(COc2ccccc2Cl)n1-c1ccccc1. The number of ketones is 1. The Hall–Kier alpha value is -2.31. The number of benzene rings is 2.